The fourth-order valence-electron chi connectivity index (χ4n) is 2.46. The smallest absolute Gasteiger partial charge is 0.120 e. The van der Waals surface area contributed by atoms with E-state index >= 15 is 0 Å². The summed E-state index contributed by atoms with van der Waals surface area (Å²) in [5.74, 6) is 1.90. The summed E-state index contributed by atoms with van der Waals surface area (Å²) in [7, 11) is 1.97. The second-order valence-corrected chi connectivity index (χ2v) is 5.49. The minimum atomic E-state index is 0.814. The fourth-order valence-corrected chi connectivity index (χ4v) is 2.46. The number of nitrogens with one attached hydrogen (secondary N) is 2. The largest absolute Gasteiger partial charge is 0.341 e. The van der Waals surface area contributed by atoms with Crippen molar-refractivity contribution >= 4 is 0 Å². The van der Waals surface area contributed by atoms with Crippen molar-refractivity contribution in [1.29, 1.82) is 0 Å². The van der Waals surface area contributed by atoms with Crippen LogP contribution in [0.3, 0.4) is 0 Å². The Kier molecular flexibility index (Phi) is 3.14. The van der Waals surface area contributed by atoms with Gasteiger partial charge in [0.05, 0.1) is 24.1 Å². The quantitative estimate of drug-likeness (QED) is 0.862. The van der Waals surface area contributed by atoms with E-state index in [0.717, 1.165) is 36.2 Å². The van der Waals surface area contributed by atoms with E-state index in [9.17, 15) is 0 Å². The first-order valence-corrected chi connectivity index (χ1v) is 6.90. The summed E-state index contributed by atoms with van der Waals surface area (Å²) in [5.41, 5.74) is 4.44. The maximum atomic E-state index is 4.45. The van der Waals surface area contributed by atoms with Gasteiger partial charge in [-0.1, -0.05) is 0 Å². The molecule has 0 amide bonds. The molecule has 2 heterocycles. The van der Waals surface area contributed by atoms with Crippen LogP contribution in [0.2, 0.25) is 0 Å². The molecule has 0 atom stereocenters. The predicted octanol–water partition coefficient (Wildman–Crippen LogP) is 1.93. The van der Waals surface area contributed by atoms with Crippen molar-refractivity contribution < 1.29 is 0 Å². The Morgan fingerprint density at radius 3 is 2.84 bits per heavy atom. The molecule has 0 saturated heterocycles. The standard InChI is InChI=1S/C14H21N5/c1-9-14(10(2)19(3)18-9)12-7-16-13(17-12)8-15-6-11-4-5-11/h7,11,15H,4-6,8H2,1-3H3,(H,16,17). The number of imidazole rings is 1. The van der Waals surface area contributed by atoms with Crippen LogP contribution in [-0.4, -0.2) is 26.3 Å². The van der Waals surface area contributed by atoms with E-state index < -0.39 is 0 Å². The lowest BCUT2D eigenvalue weighted by Gasteiger charge is -2.01. The van der Waals surface area contributed by atoms with Crippen LogP contribution in [0.25, 0.3) is 11.3 Å². The van der Waals surface area contributed by atoms with Gasteiger partial charge >= 0.3 is 0 Å². The van der Waals surface area contributed by atoms with E-state index in [0.29, 0.717) is 0 Å². The monoisotopic (exact) mass is 259 g/mol. The van der Waals surface area contributed by atoms with Crippen molar-refractivity contribution in [3.8, 4) is 11.3 Å². The minimum Gasteiger partial charge on any atom is -0.341 e. The average molecular weight is 259 g/mol. The molecule has 5 nitrogen and oxygen atoms in total. The Bertz CT molecular complexity index is 577. The zero-order chi connectivity index (χ0) is 13.4. The van der Waals surface area contributed by atoms with Crippen LogP contribution < -0.4 is 5.32 Å². The van der Waals surface area contributed by atoms with Crippen LogP contribution in [0.1, 0.15) is 30.1 Å². The van der Waals surface area contributed by atoms with E-state index in [1.807, 2.05) is 24.9 Å². The molecule has 2 N–H and O–H groups in total. The first-order chi connectivity index (χ1) is 9.15. The highest BCUT2D eigenvalue weighted by molar-refractivity contribution is 5.64. The Labute approximate surface area is 113 Å². The number of rotatable bonds is 5. The Morgan fingerprint density at radius 2 is 2.21 bits per heavy atom. The van der Waals surface area contributed by atoms with Crippen LogP contribution in [0.15, 0.2) is 6.20 Å². The molecule has 102 valence electrons. The predicted molar refractivity (Wildman–Crippen MR) is 74.7 cm³/mol. The molecule has 0 unspecified atom stereocenters. The maximum Gasteiger partial charge on any atom is 0.120 e. The summed E-state index contributed by atoms with van der Waals surface area (Å²) in [6.45, 7) is 6.05. The SMILES string of the molecule is Cc1nn(C)c(C)c1-c1cnc(CNCC2CC2)[nH]1. The first-order valence-electron chi connectivity index (χ1n) is 6.90. The van der Waals surface area contributed by atoms with E-state index in [2.05, 4.69) is 27.3 Å². The van der Waals surface area contributed by atoms with E-state index in [-0.39, 0.29) is 0 Å². The number of aromatic amines is 1. The second-order valence-electron chi connectivity index (χ2n) is 5.49. The summed E-state index contributed by atoms with van der Waals surface area (Å²) in [5, 5.41) is 7.89. The van der Waals surface area contributed by atoms with Crippen LogP contribution in [0.5, 0.6) is 0 Å². The highest BCUT2D eigenvalue weighted by Gasteiger charge is 2.20. The van der Waals surface area contributed by atoms with Crippen LogP contribution in [0, 0.1) is 19.8 Å². The van der Waals surface area contributed by atoms with E-state index in [4.69, 9.17) is 0 Å². The summed E-state index contributed by atoms with van der Waals surface area (Å²) < 4.78 is 1.91. The molecule has 1 fully saturated rings. The number of H-pyrrole nitrogens is 1. The van der Waals surface area contributed by atoms with Crippen molar-refractivity contribution in [2.75, 3.05) is 6.54 Å². The molecule has 1 aliphatic carbocycles. The zero-order valence-electron chi connectivity index (χ0n) is 11.8. The van der Waals surface area contributed by atoms with E-state index in [1.54, 1.807) is 0 Å². The van der Waals surface area contributed by atoms with Crippen molar-refractivity contribution in [3.05, 3.63) is 23.4 Å². The lowest BCUT2D eigenvalue weighted by atomic mass is 10.1. The number of aromatic nitrogens is 4. The third-order valence-corrected chi connectivity index (χ3v) is 3.83. The normalized spacial score (nSPS) is 15.1. The number of hydrogen-bond acceptors (Lipinski definition) is 3. The summed E-state index contributed by atoms with van der Waals surface area (Å²) in [4.78, 5) is 7.84. The maximum absolute atomic E-state index is 4.45. The van der Waals surface area contributed by atoms with Crippen LogP contribution >= 0.6 is 0 Å². The minimum absolute atomic E-state index is 0.814. The number of aryl methyl sites for hydroxylation is 2. The van der Waals surface area contributed by atoms with Gasteiger partial charge in [-0.25, -0.2) is 4.98 Å². The third kappa shape index (κ3) is 2.56. The molecule has 0 radical (unpaired) electrons. The molecule has 2 aromatic rings. The number of hydrogen-bond donors (Lipinski definition) is 2. The second kappa shape index (κ2) is 4.81. The molecule has 2 aromatic heterocycles. The van der Waals surface area contributed by atoms with E-state index in [1.165, 1.54) is 24.1 Å². The van der Waals surface area contributed by atoms with Crippen molar-refractivity contribution in [2.45, 2.75) is 33.2 Å². The Balaban J connectivity index is 1.72. The highest BCUT2D eigenvalue weighted by Crippen LogP contribution is 2.28. The Hall–Kier alpha value is -1.62. The fraction of sp³-hybridized carbons (Fsp3) is 0.571. The molecular formula is C14H21N5. The lowest BCUT2D eigenvalue weighted by Crippen LogP contribution is -2.16. The van der Waals surface area contributed by atoms with Crippen molar-refractivity contribution in [1.82, 2.24) is 25.1 Å². The zero-order valence-corrected chi connectivity index (χ0v) is 11.8. The van der Waals surface area contributed by atoms with Gasteiger partial charge in [0.25, 0.3) is 0 Å². The van der Waals surface area contributed by atoms with Crippen molar-refractivity contribution in [3.63, 3.8) is 0 Å². The molecule has 0 spiro atoms. The number of nitrogens with zero attached hydrogens (tertiary/aromatic N) is 3. The molecular weight excluding hydrogens is 238 g/mol. The van der Waals surface area contributed by atoms with Gasteiger partial charge in [-0.2, -0.15) is 5.10 Å². The Morgan fingerprint density at radius 1 is 1.42 bits per heavy atom. The topological polar surface area (TPSA) is 58.5 Å². The summed E-state index contributed by atoms with van der Waals surface area (Å²) in [6.07, 6.45) is 4.67. The molecule has 0 aliphatic heterocycles. The summed E-state index contributed by atoms with van der Waals surface area (Å²) in [6, 6.07) is 0. The van der Waals surface area contributed by atoms with Gasteiger partial charge in [-0.3, -0.25) is 4.68 Å². The molecule has 0 aromatic carbocycles. The molecule has 3 rings (SSSR count). The molecule has 1 saturated carbocycles. The molecule has 5 heteroatoms. The molecule has 1 aliphatic rings. The van der Waals surface area contributed by atoms with Crippen molar-refractivity contribution in [2.24, 2.45) is 13.0 Å². The van der Waals surface area contributed by atoms with Gasteiger partial charge in [0.15, 0.2) is 0 Å². The van der Waals surface area contributed by atoms with Gasteiger partial charge in [0.1, 0.15) is 5.82 Å². The highest BCUT2D eigenvalue weighted by atomic mass is 15.3. The lowest BCUT2D eigenvalue weighted by molar-refractivity contribution is 0.623. The van der Waals surface area contributed by atoms with Gasteiger partial charge in [0.2, 0.25) is 0 Å². The van der Waals surface area contributed by atoms with Gasteiger partial charge in [-0.15, -0.1) is 0 Å². The van der Waals surface area contributed by atoms with Gasteiger partial charge < -0.3 is 10.3 Å². The molecule has 19 heavy (non-hydrogen) atoms. The first kappa shape index (κ1) is 12.4. The summed E-state index contributed by atoms with van der Waals surface area (Å²) >= 11 is 0. The van der Waals surface area contributed by atoms with Crippen LogP contribution in [-0.2, 0) is 13.6 Å². The van der Waals surface area contributed by atoms with Gasteiger partial charge in [-0.05, 0) is 39.2 Å². The average Bonchev–Trinajstić information content (AvgIpc) is 3.01. The van der Waals surface area contributed by atoms with Crippen LogP contribution in [0.4, 0.5) is 0 Å². The van der Waals surface area contributed by atoms with Gasteiger partial charge in [0, 0.05) is 18.3 Å². The molecule has 0 bridgehead atoms. The third-order valence-electron chi connectivity index (χ3n) is 3.83.